The van der Waals surface area contributed by atoms with Crippen molar-refractivity contribution in [1.29, 1.82) is 0 Å². The summed E-state index contributed by atoms with van der Waals surface area (Å²) < 4.78 is 31.3. The van der Waals surface area contributed by atoms with Crippen LogP contribution in [0.2, 0.25) is 0 Å². The molecule has 6 nitrogen and oxygen atoms in total. The lowest BCUT2D eigenvalue weighted by Crippen LogP contribution is -2.34. The van der Waals surface area contributed by atoms with Crippen LogP contribution < -0.4 is 15.6 Å². The lowest BCUT2D eigenvalue weighted by molar-refractivity contribution is 0.0854. The van der Waals surface area contributed by atoms with Crippen LogP contribution in [0.25, 0.3) is 11.0 Å². The van der Waals surface area contributed by atoms with E-state index in [0.717, 1.165) is 18.4 Å². The molecule has 1 aliphatic rings. The minimum absolute atomic E-state index is 0.00127. The number of fused-ring (bicyclic) bond motifs is 1. The van der Waals surface area contributed by atoms with Crippen LogP contribution >= 0.6 is 0 Å². The van der Waals surface area contributed by atoms with E-state index < -0.39 is 5.82 Å². The van der Waals surface area contributed by atoms with E-state index in [1.54, 1.807) is 37.3 Å². The number of hydrogen-bond donors (Lipinski definition) is 1. The second kappa shape index (κ2) is 8.67. The van der Waals surface area contributed by atoms with Gasteiger partial charge in [0.2, 0.25) is 5.55 Å². The summed E-state index contributed by atoms with van der Waals surface area (Å²) in [6.45, 7) is 2.90. The van der Waals surface area contributed by atoms with E-state index in [0.29, 0.717) is 29.9 Å². The maximum Gasteiger partial charge on any atom is 0.256 e. The molecule has 7 heteroatoms. The molecule has 1 aliphatic heterocycles. The fourth-order valence-corrected chi connectivity index (χ4v) is 3.45. The summed E-state index contributed by atoms with van der Waals surface area (Å²) in [5.41, 5.74) is 1.53. The first-order valence-corrected chi connectivity index (χ1v) is 9.86. The van der Waals surface area contributed by atoms with Gasteiger partial charge in [-0.15, -0.1) is 0 Å². The maximum absolute atomic E-state index is 14.4. The molecule has 0 aliphatic carbocycles. The van der Waals surface area contributed by atoms with E-state index in [9.17, 15) is 9.18 Å². The number of nitrogens with one attached hydrogen (secondary N) is 1. The number of para-hydroxylation sites is 1. The van der Waals surface area contributed by atoms with Crippen molar-refractivity contribution in [2.24, 2.45) is 4.99 Å². The Kier molecular flexibility index (Phi) is 5.81. The van der Waals surface area contributed by atoms with Crippen molar-refractivity contribution in [3.05, 3.63) is 65.0 Å². The molecule has 0 unspecified atom stereocenters. The number of carbonyl (C=O) groups excluding carboxylic acids is 1. The second-order valence-corrected chi connectivity index (χ2v) is 7.26. The topological polar surface area (TPSA) is 73.1 Å². The van der Waals surface area contributed by atoms with Crippen molar-refractivity contribution in [2.45, 2.75) is 25.9 Å². The van der Waals surface area contributed by atoms with Crippen molar-refractivity contribution in [2.75, 3.05) is 20.3 Å². The van der Waals surface area contributed by atoms with Crippen LogP contribution in [0.15, 0.2) is 51.9 Å². The van der Waals surface area contributed by atoms with Gasteiger partial charge in [-0.3, -0.25) is 4.79 Å². The monoisotopic (exact) mass is 410 g/mol. The summed E-state index contributed by atoms with van der Waals surface area (Å²) in [5, 5.41) is 3.56. The van der Waals surface area contributed by atoms with E-state index >= 15 is 0 Å². The first-order chi connectivity index (χ1) is 14.5. The van der Waals surface area contributed by atoms with Crippen LogP contribution in [0.3, 0.4) is 0 Å². The lowest BCUT2D eigenvalue weighted by Gasteiger charge is -2.12. The molecule has 30 heavy (non-hydrogen) atoms. The number of hydrogen-bond acceptors (Lipinski definition) is 5. The van der Waals surface area contributed by atoms with Gasteiger partial charge in [0.05, 0.1) is 13.2 Å². The fraction of sp³-hybridized carbons (Fsp3) is 0.304. The number of amides is 1. The van der Waals surface area contributed by atoms with E-state index in [4.69, 9.17) is 13.9 Å². The molecule has 0 radical (unpaired) electrons. The van der Waals surface area contributed by atoms with Gasteiger partial charge in [-0.05, 0) is 49.6 Å². The Morgan fingerprint density at radius 1 is 1.30 bits per heavy atom. The summed E-state index contributed by atoms with van der Waals surface area (Å²) in [7, 11) is 1.53. The molecule has 2 aromatic carbocycles. The Morgan fingerprint density at radius 2 is 2.17 bits per heavy atom. The first kappa shape index (κ1) is 20.1. The number of aryl methyl sites for hydroxylation is 1. The third-order valence-electron chi connectivity index (χ3n) is 5.04. The molecular weight excluding hydrogens is 387 g/mol. The fourth-order valence-electron chi connectivity index (χ4n) is 3.45. The van der Waals surface area contributed by atoms with E-state index in [1.807, 2.05) is 6.07 Å². The molecular formula is C23H23FN2O4. The predicted molar refractivity (Wildman–Crippen MR) is 110 cm³/mol. The molecule has 3 aromatic rings. The normalized spacial score (nSPS) is 16.8. The van der Waals surface area contributed by atoms with Gasteiger partial charge in [-0.2, -0.15) is 0 Å². The third-order valence-corrected chi connectivity index (χ3v) is 5.04. The number of halogens is 1. The Balaban J connectivity index is 1.81. The van der Waals surface area contributed by atoms with Crippen molar-refractivity contribution in [1.82, 2.24) is 5.32 Å². The van der Waals surface area contributed by atoms with Gasteiger partial charge < -0.3 is 19.2 Å². The van der Waals surface area contributed by atoms with E-state index in [2.05, 4.69) is 10.3 Å². The summed E-state index contributed by atoms with van der Waals surface area (Å²) in [6, 6.07) is 11.7. The highest BCUT2D eigenvalue weighted by molar-refractivity contribution is 5.97. The van der Waals surface area contributed by atoms with Crippen LogP contribution in [0.4, 0.5) is 10.1 Å². The highest BCUT2D eigenvalue weighted by Gasteiger charge is 2.19. The SMILES string of the molecule is COc1cccc2cc(C(=O)NC[C@H]3CCCO3)c(=Nc3ccc(C)cc3F)oc12. The van der Waals surface area contributed by atoms with Crippen molar-refractivity contribution >= 4 is 22.6 Å². The van der Waals surface area contributed by atoms with Gasteiger partial charge in [-0.25, -0.2) is 9.38 Å². The Bertz CT molecular complexity index is 1150. The van der Waals surface area contributed by atoms with E-state index in [1.165, 1.54) is 13.2 Å². The zero-order chi connectivity index (χ0) is 21.1. The molecule has 0 saturated carbocycles. The Hall–Kier alpha value is -3.19. The highest BCUT2D eigenvalue weighted by atomic mass is 19.1. The number of methoxy groups -OCH3 is 1. The molecule has 1 aromatic heterocycles. The summed E-state index contributed by atoms with van der Waals surface area (Å²) in [5.74, 6) is -0.346. The highest BCUT2D eigenvalue weighted by Crippen LogP contribution is 2.25. The Morgan fingerprint density at radius 3 is 2.90 bits per heavy atom. The first-order valence-electron chi connectivity index (χ1n) is 9.86. The standard InChI is InChI=1S/C23H23FN2O4/c1-14-8-9-19(18(24)11-14)26-23-17(22(27)25-13-16-6-4-10-29-16)12-15-5-3-7-20(28-2)21(15)30-23/h3,5,7-9,11-12,16H,4,6,10,13H2,1-2H3,(H,25,27)/t16-/m1/s1. The number of ether oxygens (including phenoxy) is 2. The van der Waals surface area contributed by atoms with Gasteiger partial charge in [0.15, 0.2) is 11.3 Å². The zero-order valence-corrected chi connectivity index (χ0v) is 16.9. The summed E-state index contributed by atoms with van der Waals surface area (Å²) >= 11 is 0. The van der Waals surface area contributed by atoms with Gasteiger partial charge in [0, 0.05) is 18.5 Å². The lowest BCUT2D eigenvalue weighted by atomic mass is 10.1. The second-order valence-electron chi connectivity index (χ2n) is 7.26. The number of carbonyl (C=O) groups is 1. The molecule has 156 valence electrons. The molecule has 1 N–H and O–H groups in total. The molecule has 4 rings (SSSR count). The molecule has 1 fully saturated rings. The zero-order valence-electron chi connectivity index (χ0n) is 16.9. The van der Waals surface area contributed by atoms with Crippen LogP contribution in [-0.2, 0) is 4.74 Å². The third kappa shape index (κ3) is 4.21. The summed E-state index contributed by atoms with van der Waals surface area (Å²) in [6.07, 6.45) is 1.89. The van der Waals surface area contributed by atoms with Crippen molar-refractivity contribution < 1.29 is 23.1 Å². The number of nitrogens with zero attached hydrogens (tertiary/aromatic N) is 1. The van der Waals surface area contributed by atoms with Gasteiger partial charge >= 0.3 is 0 Å². The largest absolute Gasteiger partial charge is 0.493 e. The maximum atomic E-state index is 14.4. The number of benzene rings is 2. The molecule has 0 spiro atoms. The van der Waals surface area contributed by atoms with Gasteiger partial charge in [-0.1, -0.05) is 18.2 Å². The van der Waals surface area contributed by atoms with Gasteiger partial charge in [0.25, 0.3) is 5.91 Å². The van der Waals surface area contributed by atoms with Crippen molar-refractivity contribution in [3.63, 3.8) is 0 Å². The van der Waals surface area contributed by atoms with Crippen molar-refractivity contribution in [3.8, 4) is 5.75 Å². The van der Waals surface area contributed by atoms with Gasteiger partial charge in [0.1, 0.15) is 17.1 Å². The Labute approximate surface area is 173 Å². The molecule has 2 heterocycles. The van der Waals surface area contributed by atoms with E-state index in [-0.39, 0.29) is 28.8 Å². The minimum Gasteiger partial charge on any atom is -0.493 e. The average Bonchev–Trinajstić information content (AvgIpc) is 3.26. The molecule has 1 saturated heterocycles. The van der Waals surface area contributed by atoms with Crippen LogP contribution in [0.5, 0.6) is 5.75 Å². The molecule has 0 bridgehead atoms. The molecule has 1 amide bonds. The number of rotatable bonds is 5. The van der Waals surface area contributed by atoms with Crippen LogP contribution in [-0.4, -0.2) is 32.3 Å². The summed E-state index contributed by atoms with van der Waals surface area (Å²) in [4.78, 5) is 17.3. The minimum atomic E-state index is -0.490. The average molecular weight is 410 g/mol. The van der Waals surface area contributed by atoms with Crippen LogP contribution in [0, 0.1) is 12.7 Å². The molecule has 1 atom stereocenters. The smallest absolute Gasteiger partial charge is 0.256 e. The quantitative estimate of drug-likeness (QED) is 0.689. The van der Waals surface area contributed by atoms with Crippen LogP contribution in [0.1, 0.15) is 28.8 Å². The predicted octanol–water partition coefficient (Wildman–Crippen LogP) is 4.03.